The van der Waals surface area contributed by atoms with E-state index in [0.29, 0.717) is 12.2 Å². The molecule has 0 bridgehead atoms. The van der Waals surface area contributed by atoms with Gasteiger partial charge in [0.15, 0.2) is 0 Å². The number of hydrogen-bond acceptors (Lipinski definition) is 4. The van der Waals surface area contributed by atoms with Gasteiger partial charge in [0.05, 0.1) is 5.69 Å². The van der Waals surface area contributed by atoms with Gasteiger partial charge in [-0.3, -0.25) is 4.98 Å². The first-order valence-electron chi connectivity index (χ1n) is 5.67. The summed E-state index contributed by atoms with van der Waals surface area (Å²) in [6, 6.07) is 1.76. The molecule has 1 aromatic rings. The number of pyridine rings is 1. The average molecular weight is 237 g/mol. The van der Waals surface area contributed by atoms with Gasteiger partial charge in [-0.05, 0) is 26.6 Å². The molecule has 17 heavy (non-hydrogen) atoms. The Morgan fingerprint density at radius 1 is 1.59 bits per heavy atom. The normalized spacial score (nSPS) is 10.6. The Morgan fingerprint density at radius 2 is 2.29 bits per heavy atom. The third-order valence-corrected chi connectivity index (χ3v) is 2.62. The van der Waals surface area contributed by atoms with Crippen molar-refractivity contribution < 1.29 is 9.90 Å². The van der Waals surface area contributed by atoms with E-state index >= 15 is 0 Å². The molecule has 0 fully saturated rings. The van der Waals surface area contributed by atoms with E-state index < -0.39 is 5.97 Å². The number of aromatic carboxylic acids is 1. The number of nitrogens with zero attached hydrogens (tertiary/aromatic N) is 2. The number of anilines is 1. The van der Waals surface area contributed by atoms with Crippen LogP contribution in [0, 0.1) is 6.92 Å². The summed E-state index contributed by atoms with van der Waals surface area (Å²) in [5, 5.41) is 12.2. The fraction of sp³-hybridized carbons (Fsp3) is 0.500. The maximum atomic E-state index is 11.0. The van der Waals surface area contributed by atoms with E-state index in [0.717, 1.165) is 18.8 Å². The van der Waals surface area contributed by atoms with Gasteiger partial charge in [0, 0.05) is 25.0 Å². The maximum Gasteiger partial charge on any atom is 0.339 e. The summed E-state index contributed by atoms with van der Waals surface area (Å²) in [6.07, 6.45) is 1.39. The van der Waals surface area contributed by atoms with Crippen molar-refractivity contribution >= 4 is 11.7 Å². The number of carboxylic acids is 1. The molecule has 0 radical (unpaired) electrons. The molecule has 2 N–H and O–H groups in total. The molecule has 0 aliphatic heterocycles. The van der Waals surface area contributed by atoms with Gasteiger partial charge in [-0.1, -0.05) is 6.92 Å². The van der Waals surface area contributed by atoms with Crippen LogP contribution in [-0.2, 0) is 0 Å². The quantitative estimate of drug-likeness (QED) is 0.784. The Bertz CT molecular complexity index is 393. The van der Waals surface area contributed by atoms with E-state index in [-0.39, 0.29) is 5.56 Å². The van der Waals surface area contributed by atoms with Gasteiger partial charge in [0.1, 0.15) is 5.56 Å². The van der Waals surface area contributed by atoms with Gasteiger partial charge in [-0.15, -0.1) is 0 Å². The van der Waals surface area contributed by atoms with E-state index in [1.54, 1.807) is 6.07 Å². The molecule has 1 aromatic heterocycles. The first-order valence-corrected chi connectivity index (χ1v) is 5.67. The number of likely N-dealkylation sites (N-methyl/N-ethyl adjacent to an activating group) is 1. The van der Waals surface area contributed by atoms with E-state index in [2.05, 4.69) is 22.1 Å². The van der Waals surface area contributed by atoms with E-state index in [1.165, 1.54) is 6.20 Å². The average Bonchev–Trinajstić information content (AvgIpc) is 2.28. The number of aryl methyl sites for hydroxylation is 1. The molecule has 0 saturated carbocycles. The van der Waals surface area contributed by atoms with Crippen molar-refractivity contribution in [3.8, 4) is 0 Å². The molecule has 5 nitrogen and oxygen atoms in total. The van der Waals surface area contributed by atoms with Crippen molar-refractivity contribution in [1.29, 1.82) is 0 Å². The molecular formula is C12H19N3O2. The van der Waals surface area contributed by atoms with Crippen LogP contribution >= 0.6 is 0 Å². The van der Waals surface area contributed by atoms with Gasteiger partial charge in [0.25, 0.3) is 0 Å². The van der Waals surface area contributed by atoms with Crippen LogP contribution in [0.15, 0.2) is 12.3 Å². The highest BCUT2D eigenvalue weighted by Gasteiger charge is 2.10. The molecule has 0 saturated heterocycles. The lowest BCUT2D eigenvalue weighted by atomic mass is 10.2. The Morgan fingerprint density at radius 3 is 2.88 bits per heavy atom. The van der Waals surface area contributed by atoms with E-state index in [9.17, 15) is 4.79 Å². The SMILES string of the molecule is CCN(C)CCNc1cc(C)ncc1C(=O)O. The molecule has 94 valence electrons. The lowest BCUT2D eigenvalue weighted by molar-refractivity contribution is 0.0697. The van der Waals surface area contributed by atoms with Crippen LogP contribution in [-0.4, -0.2) is 47.6 Å². The molecular weight excluding hydrogens is 218 g/mol. The Labute approximate surface area is 101 Å². The van der Waals surface area contributed by atoms with Gasteiger partial charge < -0.3 is 15.3 Å². The lowest BCUT2D eigenvalue weighted by Gasteiger charge is -2.15. The van der Waals surface area contributed by atoms with Crippen LogP contribution in [0.2, 0.25) is 0 Å². The summed E-state index contributed by atoms with van der Waals surface area (Å²) in [5.74, 6) is -0.955. The van der Waals surface area contributed by atoms with Crippen molar-refractivity contribution in [2.45, 2.75) is 13.8 Å². The highest BCUT2D eigenvalue weighted by Crippen LogP contribution is 2.15. The second kappa shape index (κ2) is 6.20. The number of carbonyl (C=O) groups is 1. The van der Waals surface area contributed by atoms with Crippen LogP contribution in [0.5, 0.6) is 0 Å². The second-order valence-electron chi connectivity index (χ2n) is 4.00. The third-order valence-electron chi connectivity index (χ3n) is 2.62. The van der Waals surface area contributed by atoms with E-state index in [4.69, 9.17) is 5.11 Å². The highest BCUT2D eigenvalue weighted by molar-refractivity contribution is 5.93. The fourth-order valence-corrected chi connectivity index (χ4v) is 1.42. The standard InChI is InChI=1S/C12H19N3O2/c1-4-15(3)6-5-13-11-7-9(2)14-8-10(11)12(16)17/h7-8H,4-6H2,1-3H3,(H,13,14)(H,16,17). The van der Waals surface area contributed by atoms with Crippen molar-refractivity contribution in [1.82, 2.24) is 9.88 Å². The van der Waals surface area contributed by atoms with E-state index in [1.807, 2.05) is 14.0 Å². The molecule has 0 aliphatic rings. The molecule has 1 rings (SSSR count). The van der Waals surface area contributed by atoms with Crippen molar-refractivity contribution in [2.24, 2.45) is 0 Å². The number of nitrogens with one attached hydrogen (secondary N) is 1. The van der Waals surface area contributed by atoms with Crippen molar-refractivity contribution in [3.05, 3.63) is 23.5 Å². The number of aromatic nitrogens is 1. The monoisotopic (exact) mass is 237 g/mol. The van der Waals surface area contributed by atoms with Crippen LogP contribution in [0.3, 0.4) is 0 Å². The Hall–Kier alpha value is -1.62. The minimum Gasteiger partial charge on any atom is -0.478 e. The van der Waals surface area contributed by atoms with Crippen LogP contribution < -0.4 is 5.32 Å². The number of hydrogen-bond donors (Lipinski definition) is 2. The van der Waals surface area contributed by atoms with Crippen LogP contribution in [0.1, 0.15) is 23.0 Å². The predicted molar refractivity (Wildman–Crippen MR) is 67.6 cm³/mol. The molecule has 0 unspecified atom stereocenters. The molecule has 0 aromatic carbocycles. The van der Waals surface area contributed by atoms with Crippen LogP contribution in [0.25, 0.3) is 0 Å². The number of rotatable bonds is 6. The first-order chi connectivity index (χ1) is 8.04. The summed E-state index contributed by atoms with van der Waals surface area (Å²) in [4.78, 5) is 17.1. The topological polar surface area (TPSA) is 65.5 Å². The Kier molecular flexibility index (Phi) is 4.90. The zero-order valence-corrected chi connectivity index (χ0v) is 10.5. The summed E-state index contributed by atoms with van der Waals surface area (Å²) < 4.78 is 0. The van der Waals surface area contributed by atoms with Gasteiger partial charge in [-0.25, -0.2) is 4.79 Å². The molecule has 0 atom stereocenters. The zero-order valence-electron chi connectivity index (χ0n) is 10.5. The molecule has 0 spiro atoms. The maximum absolute atomic E-state index is 11.0. The van der Waals surface area contributed by atoms with Crippen LogP contribution in [0.4, 0.5) is 5.69 Å². The second-order valence-corrected chi connectivity index (χ2v) is 4.00. The van der Waals surface area contributed by atoms with Gasteiger partial charge in [-0.2, -0.15) is 0 Å². The summed E-state index contributed by atoms with van der Waals surface area (Å²) in [6.45, 7) is 6.49. The summed E-state index contributed by atoms with van der Waals surface area (Å²) >= 11 is 0. The molecule has 5 heteroatoms. The lowest BCUT2D eigenvalue weighted by Crippen LogP contribution is -2.25. The van der Waals surface area contributed by atoms with Gasteiger partial charge >= 0.3 is 5.97 Å². The third kappa shape index (κ3) is 4.03. The fourth-order valence-electron chi connectivity index (χ4n) is 1.42. The predicted octanol–water partition coefficient (Wildman–Crippen LogP) is 1.45. The van der Waals surface area contributed by atoms with Crippen molar-refractivity contribution in [2.75, 3.05) is 32.0 Å². The largest absolute Gasteiger partial charge is 0.478 e. The minimum absolute atomic E-state index is 0.217. The van der Waals surface area contributed by atoms with Crippen molar-refractivity contribution in [3.63, 3.8) is 0 Å². The highest BCUT2D eigenvalue weighted by atomic mass is 16.4. The minimum atomic E-state index is -0.955. The Balaban J connectivity index is 2.68. The first kappa shape index (κ1) is 13.4. The smallest absolute Gasteiger partial charge is 0.339 e. The summed E-state index contributed by atoms with van der Waals surface area (Å²) in [5.41, 5.74) is 1.66. The molecule has 0 amide bonds. The summed E-state index contributed by atoms with van der Waals surface area (Å²) in [7, 11) is 2.03. The number of carboxylic acid groups (broad SMARTS) is 1. The van der Waals surface area contributed by atoms with Gasteiger partial charge in [0.2, 0.25) is 0 Å². The zero-order chi connectivity index (χ0) is 12.8. The molecule has 1 heterocycles. The molecule has 0 aliphatic carbocycles.